The highest BCUT2D eigenvalue weighted by Crippen LogP contribution is 2.49. The van der Waals surface area contributed by atoms with Crippen molar-refractivity contribution in [3.05, 3.63) is 94.8 Å². The second-order valence-corrected chi connectivity index (χ2v) is 8.62. The molecule has 0 saturated carbocycles. The fraction of sp³-hybridized carbons (Fsp3) is 0.240. The molecule has 2 heterocycles. The summed E-state index contributed by atoms with van der Waals surface area (Å²) in [5, 5.41) is 13.7. The molecule has 1 fully saturated rings. The molecule has 7 heteroatoms. The Labute approximate surface area is 191 Å². The van der Waals surface area contributed by atoms with Gasteiger partial charge in [0, 0.05) is 47.5 Å². The number of aliphatic hydroxyl groups excluding tert-OH is 1. The zero-order chi connectivity index (χ0) is 22.2. The van der Waals surface area contributed by atoms with E-state index in [1.165, 1.54) is 12.1 Å². The largest absolute Gasteiger partial charge is 0.395 e. The lowest BCUT2D eigenvalue weighted by atomic mass is 9.72. The van der Waals surface area contributed by atoms with Crippen LogP contribution in [0.1, 0.15) is 17.0 Å². The van der Waals surface area contributed by atoms with Crippen LogP contribution in [0.3, 0.4) is 0 Å². The van der Waals surface area contributed by atoms with Crippen LogP contribution in [0.15, 0.2) is 72.8 Å². The summed E-state index contributed by atoms with van der Waals surface area (Å²) in [6, 6.07) is 21.0. The average molecular weight is 452 g/mol. The molecular formula is C25H23ClFN3O2. The van der Waals surface area contributed by atoms with Gasteiger partial charge in [-0.15, -0.1) is 0 Å². The van der Waals surface area contributed by atoms with Gasteiger partial charge in [-0.1, -0.05) is 48.0 Å². The van der Waals surface area contributed by atoms with Crippen LogP contribution in [-0.4, -0.2) is 41.3 Å². The summed E-state index contributed by atoms with van der Waals surface area (Å²) in [5.41, 5.74) is 3.41. The minimum Gasteiger partial charge on any atom is -0.395 e. The highest BCUT2D eigenvalue weighted by atomic mass is 35.5. The summed E-state index contributed by atoms with van der Waals surface area (Å²) in [5.74, 6) is -0.220. The number of hydrogen-bond donors (Lipinski definition) is 2. The predicted molar refractivity (Wildman–Crippen MR) is 124 cm³/mol. The van der Waals surface area contributed by atoms with Gasteiger partial charge in [0.05, 0.1) is 6.61 Å². The molecule has 5 nitrogen and oxygen atoms in total. The predicted octanol–water partition coefficient (Wildman–Crippen LogP) is 4.86. The van der Waals surface area contributed by atoms with Crippen molar-refractivity contribution in [2.24, 2.45) is 0 Å². The molecule has 0 aromatic heterocycles. The molecule has 2 aliphatic heterocycles. The zero-order valence-corrected chi connectivity index (χ0v) is 18.0. The molecule has 2 aliphatic rings. The smallest absolute Gasteiger partial charge is 0.326 e. The Hall–Kier alpha value is -2.93. The standard InChI is InChI=1S/C25H23ClFN3O2/c26-20-7-3-1-5-16(20)13-29-22-14-30(25(32)28-18-11-9-17(27)10-12-18)21-8-4-2-6-19(21)24(22)23(29)15-31/h1-12,22-24,31H,13-15H2,(H,28,32)/t22-,23-,24+/m0/s1. The lowest BCUT2D eigenvalue weighted by Crippen LogP contribution is -2.69. The Bertz CT molecular complexity index is 1140. The van der Waals surface area contributed by atoms with Crippen molar-refractivity contribution >= 4 is 29.0 Å². The number of nitrogens with zero attached hydrogens (tertiary/aromatic N) is 2. The van der Waals surface area contributed by atoms with E-state index in [0.29, 0.717) is 23.8 Å². The van der Waals surface area contributed by atoms with E-state index in [9.17, 15) is 14.3 Å². The Morgan fingerprint density at radius 2 is 1.78 bits per heavy atom. The molecular weight excluding hydrogens is 429 g/mol. The molecule has 3 aromatic rings. The normalized spacial score (nSPS) is 22.0. The maximum absolute atomic E-state index is 13.2. The molecule has 0 unspecified atom stereocenters. The summed E-state index contributed by atoms with van der Waals surface area (Å²) in [6.07, 6.45) is 0. The van der Waals surface area contributed by atoms with Crippen LogP contribution < -0.4 is 10.2 Å². The van der Waals surface area contributed by atoms with Crippen molar-refractivity contribution < 1.29 is 14.3 Å². The van der Waals surface area contributed by atoms with E-state index >= 15 is 0 Å². The molecule has 164 valence electrons. The highest BCUT2D eigenvalue weighted by molar-refractivity contribution is 6.31. The van der Waals surface area contributed by atoms with Gasteiger partial charge in [0.1, 0.15) is 5.82 Å². The zero-order valence-electron chi connectivity index (χ0n) is 17.3. The highest BCUT2D eigenvalue weighted by Gasteiger charge is 2.53. The fourth-order valence-electron chi connectivity index (χ4n) is 4.94. The second-order valence-electron chi connectivity index (χ2n) is 8.21. The van der Waals surface area contributed by atoms with E-state index in [1.807, 2.05) is 48.5 Å². The third-order valence-electron chi connectivity index (χ3n) is 6.48. The summed E-state index contributed by atoms with van der Waals surface area (Å²) < 4.78 is 13.2. The van der Waals surface area contributed by atoms with Crippen LogP contribution in [-0.2, 0) is 6.54 Å². The van der Waals surface area contributed by atoms with Gasteiger partial charge in [0.15, 0.2) is 0 Å². The van der Waals surface area contributed by atoms with Crippen LogP contribution in [0.25, 0.3) is 0 Å². The summed E-state index contributed by atoms with van der Waals surface area (Å²) in [4.78, 5) is 17.1. The summed E-state index contributed by atoms with van der Waals surface area (Å²) >= 11 is 6.39. The summed E-state index contributed by atoms with van der Waals surface area (Å²) in [6.45, 7) is 1.11. The molecule has 2 N–H and O–H groups in total. The first-order valence-electron chi connectivity index (χ1n) is 10.6. The first-order chi connectivity index (χ1) is 15.6. The number of hydrogen-bond acceptors (Lipinski definition) is 3. The molecule has 5 rings (SSSR count). The topological polar surface area (TPSA) is 55.8 Å². The number of carbonyl (C=O) groups is 1. The molecule has 3 aromatic carbocycles. The number of urea groups is 1. The SMILES string of the molecule is O=C(Nc1ccc(F)cc1)N1C[C@H]2[C@@H](c3ccccc31)[C@H](CO)N2Cc1ccccc1Cl. The number of benzene rings is 3. The van der Waals surface area contributed by atoms with Gasteiger partial charge in [0.2, 0.25) is 0 Å². The second kappa shape index (κ2) is 8.54. The van der Waals surface area contributed by atoms with E-state index < -0.39 is 0 Å². The average Bonchev–Trinajstić information content (AvgIpc) is 2.80. The van der Waals surface area contributed by atoms with Crippen molar-refractivity contribution in [1.82, 2.24) is 4.90 Å². The minimum atomic E-state index is -0.353. The maximum Gasteiger partial charge on any atom is 0.326 e. The monoisotopic (exact) mass is 451 g/mol. The first-order valence-corrected chi connectivity index (χ1v) is 11.0. The Kier molecular flexibility index (Phi) is 5.59. The number of rotatable bonds is 4. The first kappa shape index (κ1) is 20.9. The Morgan fingerprint density at radius 3 is 2.53 bits per heavy atom. The number of fused-ring (bicyclic) bond motifs is 3. The van der Waals surface area contributed by atoms with Gasteiger partial charge < -0.3 is 10.4 Å². The van der Waals surface area contributed by atoms with E-state index in [1.54, 1.807) is 17.0 Å². The lowest BCUT2D eigenvalue weighted by molar-refractivity contribution is -0.0484. The molecule has 2 amide bonds. The van der Waals surface area contributed by atoms with Gasteiger partial charge in [0.25, 0.3) is 0 Å². The number of nitrogens with one attached hydrogen (secondary N) is 1. The van der Waals surface area contributed by atoms with E-state index in [2.05, 4.69) is 10.2 Å². The van der Waals surface area contributed by atoms with Crippen LogP contribution in [0.2, 0.25) is 5.02 Å². The van der Waals surface area contributed by atoms with Crippen LogP contribution in [0.5, 0.6) is 0 Å². The van der Waals surface area contributed by atoms with Crippen molar-refractivity contribution in [2.75, 3.05) is 23.4 Å². The van der Waals surface area contributed by atoms with E-state index in [4.69, 9.17) is 11.6 Å². The third-order valence-corrected chi connectivity index (χ3v) is 6.84. The van der Waals surface area contributed by atoms with E-state index in [-0.39, 0.29) is 36.5 Å². The maximum atomic E-state index is 13.2. The van der Waals surface area contributed by atoms with Gasteiger partial charge in [-0.2, -0.15) is 0 Å². The van der Waals surface area contributed by atoms with Crippen molar-refractivity contribution in [2.45, 2.75) is 24.5 Å². The molecule has 32 heavy (non-hydrogen) atoms. The quantitative estimate of drug-likeness (QED) is 0.595. The number of aliphatic hydroxyl groups is 1. The Morgan fingerprint density at radius 1 is 1.06 bits per heavy atom. The van der Waals surface area contributed by atoms with Gasteiger partial charge >= 0.3 is 6.03 Å². The van der Waals surface area contributed by atoms with Crippen LogP contribution in [0.4, 0.5) is 20.6 Å². The van der Waals surface area contributed by atoms with Gasteiger partial charge in [-0.05, 0) is 47.5 Å². The van der Waals surface area contributed by atoms with Crippen molar-refractivity contribution in [1.29, 1.82) is 0 Å². The number of para-hydroxylation sites is 1. The number of halogens is 2. The van der Waals surface area contributed by atoms with E-state index in [0.717, 1.165) is 16.8 Å². The lowest BCUT2D eigenvalue weighted by Gasteiger charge is -2.59. The van der Waals surface area contributed by atoms with Gasteiger partial charge in [-0.25, -0.2) is 9.18 Å². The number of anilines is 2. The third kappa shape index (κ3) is 3.64. The van der Waals surface area contributed by atoms with Gasteiger partial charge in [-0.3, -0.25) is 9.80 Å². The molecule has 1 saturated heterocycles. The molecule has 0 radical (unpaired) electrons. The minimum absolute atomic E-state index is 0.0295. The molecule has 0 aliphatic carbocycles. The molecule has 0 bridgehead atoms. The Balaban J connectivity index is 1.44. The molecule has 3 atom stereocenters. The summed E-state index contributed by atoms with van der Waals surface area (Å²) in [7, 11) is 0. The van der Waals surface area contributed by atoms with Crippen molar-refractivity contribution in [3.8, 4) is 0 Å². The van der Waals surface area contributed by atoms with Crippen molar-refractivity contribution in [3.63, 3.8) is 0 Å². The fourth-order valence-corrected chi connectivity index (χ4v) is 5.14. The molecule has 0 spiro atoms. The number of likely N-dealkylation sites (tertiary alicyclic amines) is 1. The van der Waals surface area contributed by atoms with Crippen LogP contribution in [0, 0.1) is 5.82 Å². The van der Waals surface area contributed by atoms with Crippen LogP contribution >= 0.6 is 11.6 Å². The number of amides is 2. The number of carbonyl (C=O) groups excluding carboxylic acids is 1.